The lowest BCUT2D eigenvalue weighted by Crippen LogP contribution is -2.13. The zero-order valence-corrected chi connectivity index (χ0v) is 18.1. The minimum Gasteiger partial charge on any atom is -0.205 e. The molecule has 0 bridgehead atoms. The zero-order chi connectivity index (χ0) is 22.7. The van der Waals surface area contributed by atoms with Gasteiger partial charge in [0.05, 0.1) is 11.1 Å². The Morgan fingerprint density at radius 2 is 1.59 bits per heavy atom. The van der Waals surface area contributed by atoms with E-state index in [0.717, 1.165) is 23.4 Å². The van der Waals surface area contributed by atoms with Gasteiger partial charge in [-0.3, -0.25) is 0 Å². The molecule has 3 aromatic carbocycles. The van der Waals surface area contributed by atoms with Crippen molar-refractivity contribution < 1.29 is 17.6 Å². The van der Waals surface area contributed by atoms with Gasteiger partial charge in [-0.15, -0.1) is 0 Å². The normalized spacial score (nSPS) is 18.9. The maximum Gasteiger partial charge on any atom is 0.416 e. The molecule has 1 aliphatic rings. The molecule has 0 spiro atoms. The van der Waals surface area contributed by atoms with Gasteiger partial charge in [0.1, 0.15) is 5.82 Å². The van der Waals surface area contributed by atoms with Crippen molar-refractivity contribution in [3.8, 4) is 11.8 Å². The van der Waals surface area contributed by atoms with Crippen LogP contribution in [0.2, 0.25) is 0 Å². The van der Waals surface area contributed by atoms with Gasteiger partial charge in [0, 0.05) is 10.9 Å². The first-order chi connectivity index (χ1) is 15.3. The van der Waals surface area contributed by atoms with Crippen molar-refractivity contribution in [2.75, 3.05) is 0 Å². The Morgan fingerprint density at radius 1 is 0.875 bits per heavy atom. The summed E-state index contributed by atoms with van der Waals surface area (Å²) in [7, 11) is 0. The van der Waals surface area contributed by atoms with Crippen LogP contribution in [0.1, 0.15) is 73.6 Å². The van der Waals surface area contributed by atoms with Gasteiger partial charge in [-0.2, -0.15) is 13.2 Å². The Morgan fingerprint density at radius 3 is 2.25 bits per heavy atom. The van der Waals surface area contributed by atoms with E-state index in [0.29, 0.717) is 16.9 Å². The smallest absolute Gasteiger partial charge is 0.205 e. The number of fused-ring (bicyclic) bond motifs is 1. The second-order valence-electron chi connectivity index (χ2n) is 8.74. The molecule has 1 fully saturated rings. The minimum atomic E-state index is -4.38. The highest BCUT2D eigenvalue weighted by Crippen LogP contribution is 2.38. The average Bonchev–Trinajstić information content (AvgIpc) is 2.79. The highest BCUT2D eigenvalue weighted by molar-refractivity contribution is 5.85. The van der Waals surface area contributed by atoms with Crippen LogP contribution in [0.3, 0.4) is 0 Å². The molecule has 0 N–H and O–H groups in total. The summed E-state index contributed by atoms with van der Waals surface area (Å²) in [5.41, 5.74) is 1.20. The van der Waals surface area contributed by atoms with Crippen LogP contribution in [0.4, 0.5) is 17.6 Å². The van der Waals surface area contributed by atoms with Gasteiger partial charge >= 0.3 is 6.18 Å². The van der Waals surface area contributed by atoms with Crippen LogP contribution in [-0.2, 0) is 6.18 Å². The Bertz CT molecular complexity index is 1140. The maximum atomic E-state index is 15.1. The summed E-state index contributed by atoms with van der Waals surface area (Å²) < 4.78 is 53.1. The summed E-state index contributed by atoms with van der Waals surface area (Å²) in [6.45, 7) is 2.24. The lowest BCUT2D eigenvalue weighted by molar-refractivity contribution is -0.137. The molecule has 1 saturated carbocycles. The minimum absolute atomic E-state index is 0.241. The molecule has 0 heterocycles. The third-order valence-electron chi connectivity index (χ3n) is 6.55. The van der Waals surface area contributed by atoms with Crippen molar-refractivity contribution in [2.45, 2.75) is 57.5 Å². The second kappa shape index (κ2) is 9.36. The Labute approximate surface area is 186 Å². The summed E-state index contributed by atoms with van der Waals surface area (Å²) in [5.74, 6) is 6.53. The van der Waals surface area contributed by atoms with Crippen molar-refractivity contribution in [3.63, 3.8) is 0 Å². The Kier molecular flexibility index (Phi) is 6.55. The monoisotopic (exact) mass is 438 g/mol. The SMILES string of the molecule is CCCC1CCC(c2ccc3c(F)c(C#Cc4ccc(C(F)(F)F)cc4)ccc3c2)CC1. The van der Waals surface area contributed by atoms with Gasteiger partial charge in [0.25, 0.3) is 0 Å². The van der Waals surface area contributed by atoms with Gasteiger partial charge < -0.3 is 0 Å². The molecule has 4 rings (SSSR count). The summed E-state index contributed by atoms with van der Waals surface area (Å²) in [6.07, 6.45) is 3.09. The standard InChI is InChI=1S/C28H26F4/c1-2-3-19-4-9-21(10-5-19)23-14-17-26-24(18-23)13-12-22(27(26)29)11-6-20-7-15-25(16-8-20)28(30,31)32/h7-8,12-19,21H,2-5,9-10H2,1H3. The molecule has 0 atom stereocenters. The van der Waals surface area contributed by atoms with Crippen molar-refractivity contribution in [1.29, 1.82) is 0 Å². The van der Waals surface area contributed by atoms with Crippen LogP contribution in [0.5, 0.6) is 0 Å². The van der Waals surface area contributed by atoms with Crippen molar-refractivity contribution in [2.24, 2.45) is 5.92 Å². The topological polar surface area (TPSA) is 0 Å². The van der Waals surface area contributed by atoms with E-state index >= 15 is 4.39 Å². The van der Waals surface area contributed by atoms with Crippen molar-refractivity contribution >= 4 is 10.8 Å². The highest BCUT2D eigenvalue weighted by atomic mass is 19.4. The fourth-order valence-electron chi connectivity index (χ4n) is 4.74. The van der Waals surface area contributed by atoms with Gasteiger partial charge in [0.2, 0.25) is 0 Å². The molecule has 3 aromatic rings. The third-order valence-corrected chi connectivity index (χ3v) is 6.55. The van der Waals surface area contributed by atoms with Gasteiger partial charge in [-0.05, 0) is 78.8 Å². The third kappa shape index (κ3) is 4.99. The van der Waals surface area contributed by atoms with E-state index in [4.69, 9.17) is 0 Å². The quantitative estimate of drug-likeness (QED) is 0.284. The molecule has 0 saturated heterocycles. The zero-order valence-electron chi connectivity index (χ0n) is 18.1. The van der Waals surface area contributed by atoms with Crippen molar-refractivity contribution in [3.05, 3.63) is 82.7 Å². The van der Waals surface area contributed by atoms with E-state index in [1.54, 1.807) is 6.07 Å². The molecular weight excluding hydrogens is 412 g/mol. The summed E-state index contributed by atoms with van der Waals surface area (Å²) in [5, 5.41) is 1.38. The number of halogens is 4. The fourth-order valence-corrected chi connectivity index (χ4v) is 4.74. The molecule has 0 unspecified atom stereocenters. The summed E-state index contributed by atoms with van der Waals surface area (Å²) in [6, 6.07) is 14.1. The highest BCUT2D eigenvalue weighted by Gasteiger charge is 2.29. The lowest BCUT2D eigenvalue weighted by atomic mass is 9.77. The molecular formula is C28H26F4. The molecule has 0 nitrogen and oxygen atoms in total. The molecule has 0 radical (unpaired) electrons. The molecule has 166 valence electrons. The van der Waals surface area contributed by atoms with Gasteiger partial charge in [-0.25, -0.2) is 4.39 Å². The lowest BCUT2D eigenvalue weighted by Gasteiger charge is -2.28. The van der Waals surface area contributed by atoms with E-state index < -0.39 is 11.7 Å². The molecule has 0 aromatic heterocycles. The average molecular weight is 439 g/mol. The van der Waals surface area contributed by atoms with E-state index in [2.05, 4.69) is 24.8 Å². The molecule has 4 heteroatoms. The first-order valence-corrected chi connectivity index (χ1v) is 11.3. The van der Waals surface area contributed by atoms with Crippen LogP contribution < -0.4 is 0 Å². The van der Waals surface area contributed by atoms with Gasteiger partial charge in [0.15, 0.2) is 0 Å². The summed E-state index contributed by atoms with van der Waals surface area (Å²) >= 11 is 0. The van der Waals surface area contributed by atoms with E-state index in [-0.39, 0.29) is 11.4 Å². The van der Waals surface area contributed by atoms with E-state index in [1.807, 2.05) is 18.2 Å². The van der Waals surface area contributed by atoms with Crippen LogP contribution >= 0.6 is 0 Å². The maximum absolute atomic E-state index is 15.1. The van der Waals surface area contributed by atoms with Crippen LogP contribution in [0, 0.1) is 23.6 Å². The number of alkyl halides is 3. The Hall–Kier alpha value is -2.80. The van der Waals surface area contributed by atoms with Crippen LogP contribution in [0.15, 0.2) is 54.6 Å². The number of rotatable bonds is 3. The predicted octanol–water partition coefficient (Wildman–Crippen LogP) is 8.47. The molecule has 32 heavy (non-hydrogen) atoms. The summed E-state index contributed by atoms with van der Waals surface area (Å²) in [4.78, 5) is 0. The first-order valence-electron chi connectivity index (χ1n) is 11.3. The first kappa shape index (κ1) is 22.4. The number of hydrogen-bond acceptors (Lipinski definition) is 0. The van der Waals surface area contributed by atoms with Crippen molar-refractivity contribution in [1.82, 2.24) is 0 Å². The van der Waals surface area contributed by atoms with Crippen LogP contribution in [-0.4, -0.2) is 0 Å². The molecule has 0 amide bonds. The second-order valence-corrected chi connectivity index (χ2v) is 8.74. The van der Waals surface area contributed by atoms with Crippen LogP contribution in [0.25, 0.3) is 10.8 Å². The fraction of sp³-hybridized carbons (Fsp3) is 0.357. The largest absolute Gasteiger partial charge is 0.416 e. The van der Waals surface area contributed by atoms with Gasteiger partial charge in [-0.1, -0.05) is 55.9 Å². The molecule has 0 aliphatic heterocycles. The predicted molar refractivity (Wildman–Crippen MR) is 121 cm³/mol. The Balaban J connectivity index is 1.53. The number of hydrogen-bond donors (Lipinski definition) is 0. The van der Waals surface area contributed by atoms with E-state index in [1.165, 1.54) is 56.2 Å². The number of benzene rings is 3. The van der Waals surface area contributed by atoms with E-state index in [9.17, 15) is 13.2 Å². The molecule has 1 aliphatic carbocycles.